The van der Waals surface area contributed by atoms with Crippen LogP contribution in [-0.2, 0) is 16.1 Å². The van der Waals surface area contributed by atoms with Crippen LogP contribution < -0.4 is 14.8 Å². The summed E-state index contributed by atoms with van der Waals surface area (Å²) in [6, 6.07) is 20.4. The van der Waals surface area contributed by atoms with Crippen molar-refractivity contribution in [3.8, 4) is 11.5 Å². The second kappa shape index (κ2) is 10.1. The van der Waals surface area contributed by atoms with E-state index in [-0.39, 0.29) is 12.4 Å². The molecule has 2 aliphatic rings. The van der Waals surface area contributed by atoms with E-state index < -0.39 is 11.9 Å². The average molecular weight is 516 g/mol. The van der Waals surface area contributed by atoms with E-state index in [0.29, 0.717) is 51.2 Å². The minimum atomic E-state index is -0.638. The SMILES string of the molecule is CCOc1cc(C2C(C(=O)OC)=C(C)NC3=C2C(=O)c2ccccc23)ccc1OCc1ccccc1Cl. The van der Waals surface area contributed by atoms with Gasteiger partial charge in [0, 0.05) is 38.9 Å². The Morgan fingerprint density at radius 3 is 2.43 bits per heavy atom. The Bertz CT molecular complexity index is 1470. The highest BCUT2D eigenvalue weighted by Gasteiger charge is 2.43. The molecular formula is C30H26ClNO5. The zero-order valence-corrected chi connectivity index (χ0v) is 21.5. The van der Waals surface area contributed by atoms with Gasteiger partial charge in [0.05, 0.1) is 25.0 Å². The van der Waals surface area contributed by atoms with Crippen molar-refractivity contribution in [3.05, 3.63) is 111 Å². The van der Waals surface area contributed by atoms with E-state index in [9.17, 15) is 9.59 Å². The summed E-state index contributed by atoms with van der Waals surface area (Å²) >= 11 is 6.29. The Morgan fingerprint density at radius 2 is 1.70 bits per heavy atom. The molecule has 0 saturated heterocycles. The van der Waals surface area contributed by atoms with Gasteiger partial charge in [-0.1, -0.05) is 60.1 Å². The van der Waals surface area contributed by atoms with Gasteiger partial charge in [-0.15, -0.1) is 0 Å². The molecule has 37 heavy (non-hydrogen) atoms. The van der Waals surface area contributed by atoms with E-state index in [2.05, 4.69) is 5.32 Å². The van der Waals surface area contributed by atoms with Gasteiger partial charge in [-0.3, -0.25) is 4.79 Å². The first-order valence-electron chi connectivity index (χ1n) is 12.0. The van der Waals surface area contributed by atoms with Crippen LogP contribution in [0.3, 0.4) is 0 Å². The van der Waals surface area contributed by atoms with Crippen LogP contribution in [0.2, 0.25) is 5.02 Å². The van der Waals surface area contributed by atoms with Gasteiger partial charge < -0.3 is 19.5 Å². The normalized spacial score (nSPS) is 16.2. The number of nitrogens with one attached hydrogen (secondary N) is 1. The molecule has 0 saturated carbocycles. The Balaban J connectivity index is 1.58. The first kappa shape index (κ1) is 24.7. The monoisotopic (exact) mass is 515 g/mol. The fraction of sp³-hybridized carbons (Fsp3) is 0.200. The van der Waals surface area contributed by atoms with E-state index in [1.54, 1.807) is 12.1 Å². The number of benzene rings is 3. The Morgan fingerprint density at radius 1 is 0.973 bits per heavy atom. The van der Waals surface area contributed by atoms with Gasteiger partial charge in [0.2, 0.25) is 0 Å². The summed E-state index contributed by atoms with van der Waals surface area (Å²) in [5.41, 5.74) is 5.25. The van der Waals surface area contributed by atoms with Crippen molar-refractivity contribution < 1.29 is 23.8 Å². The lowest BCUT2D eigenvalue weighted by Gasteiger charge is -2.29. The number of halogens is 1. The number of hydrogen-bond acceptors (Lipinski definition) is 6. The zero-order chi connectivity index (χ0) is 26.1. The molecule has 188 valence electrons. The summed E-state index contributed by atoms with van der Waals surface area (Å²) in [5, 5.41) is 3.91. The fourth-order valence-electron chi connectivity index (χ4n) is 4.91. The molecule has 0 bridgehead atoms. The third-order valence-electron chi connectivity index (χ3n) is 6.60. The molecule has 1 aliphatic carbocycles. The number of esters is 1. The molecule has 3 aromatic rings. The number of allylic oxidation sites excluding steroid dienone is 2. The summed E-state index contributed by atoms with van der Waals surface area (Å²) < 4.78 is 17.1. The molecule has 0 radical (unpaired) electrons. The molecule has 3 aromatic carbocycles. The van der Waals surface area contributed by atoms with Crippen LogP contribution in [0, 0.1) is 0 Å². The second-order valence-corrected chi connectivity index (χ2v) is 9.18. The maximum atomic E-state index is 13.6. The van der Waals surface area contributed by atoms with Crippen molar-refractivity contribution in [3.63, 3.8) is 0 Å². The van der Waals surface area contributed by atoms with Crippen LogP contribution in [0.15, 0.2) is 83.6 Å². The molecule has 0 amide bonds. The van der Waals surface area contributed by atoms with Crippen molar-refractivity contribution in [2.75, 3.05) is 13.7 Å². The van der Waals surface area contributed by atoms with E-state index in [1.807, 2.05) is 68.4 Å². The average Bonchev–Trinajstić information content (AvgIpc) is 3.19. The first-order chi connectivity index (χ1) is 17.9. The minimum absolute atomic E-state index is 0.117. The van der Waals surface area contributed by atoms with Crippen molar-refractivity contribution in [1.82, 2.24) is 5.32 Å². The Hall–Kier alpha value is -4.03. The lowest BCUT2D eigenvalue weighted by molar-refractivity contribution is -0.136. The van der Waals surface area contributed by atoms with Crippen LogP contribution in [-0.4, -0.2) is 25.5 Å². The molecule has 1 unspecified atom stereocenters. The van der Waals surface area contributed by atoms with Crippen molar-refractivity contribution in [2.24, 2.45) is 0 Å². The van der Waals surface area contributed by atoms with Gasteiger partial charge >= 0.3 is 5.97 Å². The number of carbonyl (C=O) groups excluding carboxylic acids is 2. The van der Waals surface area contributed by atoms with E-state index in [0.717, 1.165) is 16.7 Å². The number of methoxy groups -OCH3 is 1. The molecular weight excluding hydrogens is 490 g/mol. The third kappa shape index (κ3) is 4.38. The predicted molar refractivity (Wildman–Crippen MR) is 142 cm³/mol. The molecule has 1 heterocycles. The first-order valence-corrected chi connectivity index (χ1v) is 12.4. The van der Waals surface area contributed by atoms with Crippen molar-refractivity contribution in [2.45, 2.75) is 26.4 Å². The molecule has 7 heteroatoms. The van der Waals surface area contributed by atoms with Crippen LogP contribution in [0.4, 0.5) is 0 Å². The Kier molecular flexibility index (Phi) is 6.76. The van der Waals surface area contributed by atoms with Gasteiger partial charge in [0.15, 0.2) is 17.3 Å². The number of ketones is 1. The number of fused-ring (bicyclic) bond motifs is 2. The van der Waals surface area contributed by atoms with Crippen molar-refractivity contribution >= 4 is 29.1 Å². The second-order valence-electron chi connectivity index (χ2n) is 8.77. The van der Waals surface area contributed by atoms with Gasteiger partial charge in [-0.05, 0) is 37.6 Å². The largest absolute Gasteiger partial charge is 0.490 e. The molecule has 1 atom stereocenters. The lowest BCUT2D eigenvalue weighted by atomic mass is 9.79. The van der Waals surface area contributed by atoms with Crippen LogP contribution in [0.1, 0.15) is 46.8 Å². The number of rotatable bonds is 7. The van der Waals surface area contributed by atoms with Crippen LogP contribution >= 0.6 is 11.6 Å². The molecule has 0 fully saturated rings. The topological polar surface area (TPSA) is 73.9 Å². The zero-order valence-electron chi connectivity index (χ0n) is 20.8. The summed E-state index contributed by atoms with van der Waals surface area (Å²) in [6.07, 6.45) is 0. The fourth-order valence-corrected chi connectivity index (χ4v) is 5.10. The maximum Gasteiger partial charge on any atom is 0.336 e. The summed E-state index contributed by atoms with van der Waals surface area (Å²) in [7, 11) is 1.34. The van der Waals surface area contributed by atoms with E-state index in [4.69, 9.17) is 25.8 Å². The van der Waals surface area contributed by atoms with Gasteiger partial charge in [0.25, 0.3) is 0 Å². The highest BCUT2D eigenvalue weighted by molar-refractivity contribution is 6.31. The molecule has 0 spiro atoms. The van der Waals surface area contributed by atoms with Crippen molar-refractivity contribution in [1.29, 1.82) is 0 Å². The number of dihydropyridines is 1. The Labute approximate surface area is 220 Å². The van der Waals surface area contributed by atoms with Crippen LogP contribution in [0.25, 0.3) is 5.70 Å². The number of Topliss-reactive ketones (excluding diaryl/α,β-unsaturated/α-hetero) is 1. The molecule has 5 rings (SSSR count). The number of hydrogen-bond donors (Lipinski definition) is 1. The van der Waals surface area contributed by atoms with E-state index >= 15 is 0 Å². The van der Waals surface area contributed by atoms with Crippen LogP contribution in [0.5, 0.6) is 11.5 Å². The smallest absolute Gasteiger partial charge is 0.336 e. The third-order valence-corrected chi connectivity index (χ3v) is 6.96. The van der Waals surface area contributed by atoms with Gasteiger partial charge in [0.1, 0.15) is 6.61 Å². The molecule has 1 aliphatic heterocycles. The highest BCUT2D eigenvalue weighted by Crippen LogP contribution is 2.48. The number of ether oxygens (including phenoxy) is 3. The maximum absolute atomic E-state index is 13.6. The highest BCUT2D eigenvalue weighted by atomic mass is 35.5. The standard InChI is InChI=1S/C30H26ClNO5/c1-4-36-24-15-18(13-14-23(24)37-16-19-9-5-8-12-22(19)31)26-25(30(34)35-3)17(2)32-28-20-10-6-7-11-21(20)29(33)27(26)28/h5-15,26,32H,4,16H2,1-3H3. The molecule has 1 N–H and O–H groups in total. The minimum Gasteiger partial charge on any atom is -0.490 e. The van der Waals surface area contributed by atoms with E-state index in [1.165, 1.54) is 7.11 Å². The lowest BCUT2D eigenvalue weighted by Crippen LogP contribution is -2.29. The number of carbonyl (C=O) groups is 2. The molecule has 6 nitrogen and oxygen atoms in total. The van der Waals surface area contributed by atoms with Gasteiger partial charge in [-0.25, -0.2) is 4.79 Å². The van der Waals surface area contributed by atoms with Gasteiger partial charge in [-0.2, -0.15) is 0 Å². The summed E-state index contributed by atoms with van der Waals surface area (Å²) in [5.74, 6) is -0.204. The quantitative estimate of drug-likeness (QED) is 0.386. The summed E-state index contributed by atoms with van der Waals surface area (Å²) in [6.45, 7) is 4.38. The summed E-state index contributed by atoms with van der Waals surface area (Å²) in [4.78, 5) is 26.6. The predicted octanol–water partition coefficient (Wildman–Crippen LogP) is 6.06. The molecule has 0 aromatic heterocycles.